The van der Waals surface area contributed by atoms with Crippen LogP contribution in [0.15, 0.2) is 5.38 Å². The number of hydrogen-bond acceptors (Lipinski definition) is 4. The second-order valence-corrected chi connectivity index (χ2v) is 6.15. The molecule has 1 aliphatic carbocycles. The van der Waals surface area contributed by atoms with Crippen molar-refractivity contribution < 1.29 is 22.8 Å². The molecule has 2 unspecified atom stereocenters. The molecule has 1 heterocycles. The van der Waals surface area contributed by atoms with Crippen molar-refractivity contribution in [2.24, 2.45) is 5.92 Å². The topological polar surface area (TPSA) is 83.1 Å². The predicted molar refractivity (Wildman–Crippen MR) is 77.7 cm³/mol. The van der Waals surface area contributed by atoms with Crippen LogP contribution in [0, 0.1) is 5.92 Å². The number of aromatic nitrogens is 1. The normalized spacial score (nSPS) is 21.0. The van der Waals surface area contributed by atoms with Gasteiger partial charge in [0.05, 0.1) is 12.5 Å². The van der Waals surface area contributed by atoms with Crippen molar-refractivity contribution in [3.8, 4) is 0 Å². The van der Waals surface area contributed by atoms with Crippen LogP contribution in [-0.2, 0) is 17.5 Å². The van der Waals surface area contributed by atoms with E-state index in [0.717, 1.165) is 23.1 Å². The molecule has 3 amide bonds. The summed E-state index contributed by atoms with van der Waals surface area (Å²) in [6.45, 7) is -0.0933. The Bertz CT molecular complexity index is 576. The number of carbonyl (C=O) groups excluding carboxylic acids is 2. The first-order chi connectivity index (χ1) is 10.8. The fourth-order valence-electron chi connectivity index (χ4n) is 2.53. The van der Waals surface area contributed by atoms with E-state index in [1.807, 2.05) is 0 Å². The maximum Gasteiger partial charge on any atom is 0.434 e. The van der Waals surface area contributed by atoms with E-state index in [0.29, 0.717) is 12.8 Å². The summed E-state index contributed by atoms with van der Waals surface area (Å²) in [6.07, 6.45) is -2.25. The van der Waals surface area contributed by atoms with Crippen LogP contribution in [-0.4, -0.2) is 30.0 Å². The van der Waals surface area contributed by atoms with Gasteiger partial charge in [-0.3, -0.25) is 4.79 Å². The fourth-order valence-corrected chi connectivity index (χ4v) is 3.27. The van der Waals surface area contributed by atoms with Gasteiger partial charge in [0.25, 0.3) is 0 Å². The first kappa shape index (κ1) is 17.5. The number of carbonyl (C=O) groups is 2. The van der Waals surface area contributed by atoms with E-state index in [2.05, 4.69) is 20.9 Å². The molecule has 0 radical (unpaired) electrons. The molecule has 10 heteroatoms. The summed E-state index contributed by atoms with van der Waals surface area (Å²) in [5.41, 5.74) is -0.963. The second-order valence-electron chi connectivity index (χ2n) is 5.21. The number of rotatable bonds is 4. The van der Waals surface area contributed by atoms with Crippen LogP contribution in [0.3, 0.4) is 0 Å². The van der Waals surface area contributed by atoms with Crippen LogP contribution in [0.1, 0.15) is 30.0 Å². The van der Waals surface area contributed by atoms with Crippen LogP contribution in [0.5, 0.6) is 0 Å². The minimum atomic E-state index is -4.48. The van der Waals surface area contributed by atoms with Gasteiger partial charge in [-0.2, -0.15) is 13.2 Å². The maximum atomic E-state index is 12.4. The SMILES string of the molecule is CNC(=O)C1CCCC1NC(=O)NCc1nc(C(F)(F)F)cs1. The third-order valence-electron chi connectivity index (χ3n) is 3.66. The van der Waals surface area contributed by atoms with E-state index in [-0.39, 0.29) is 29.4 Å². The molecule has 6 nitrogen and oxygen atoms in total. The number of thiazole rings is 1. The molecule has 2 atom stereocenters. The molecule has 0 aliphatic heterocycles. The van der Waals surface area contributed by atoms with Crippen LogP contribution < -0.4 is 16.0 Å². The summed E-state index contributed by atoms with van der Waals surface area (Å²) in [4.78, 5) is 26.9. The molecule has 2 rings (SSSR count). The molecule has 1 aromatic rings. The van der Waals surface area contributed by atoms with Crippen molar-refractivity contribution in [1.82, 2.24) is 20.9 Å². The Kier molecular flexibility index (Phi) is 5.45. The molecular weight excluding hydrogens is 333 g/mol. The molecule has 128 valence electrons. The highest BCUT2D eigenvalue weighted by Gasteiger charge is 2.34. The Morgan fingerprint density at radius 2 is 2.13 bits per heavy atom. The molecule has 0 spiro atoms. The van der Waals surface area contributed by atoms with Gasteiger partial charge in [-0.15, -0.1) is 11.3 Å². The maximum absolute atomic E-state index is 12.4. The van der Waals surface area contributed by atoms with E-state index in [4.69, 9.17) is 0 Å². The lowest BCUT2D eigenvalue weighted by molar-refractivity contribution is -0.140. The molecule has 3 N–H and O–H groups in total. The van der Waals surface area contributed by atoms with Gasteiger partial charge in [0.15, 0.2) is 5.69 Å². The Morgan fingerprint density at radius 3 is 2.74 bits per heavy atom. The van der Waals surface area contributed by atoms with Crippen LogP contribution in [0.25, 0.3) is 0 Å². The van der Waals surface area contributed by atoms with Crippen LogP contribution in [0.4, 0.5) is 18.0 Å². The summed E-state index contributed by atoms with van der Waals surface area (Å²) in [5.74, 6) is -0.398. The Morgan fingerprint density at radius 1 is 1.39 bits per heavy atom. The first-order valence-electron chi connectivity index (χ1n) is 7.09. The molecule has 23 heavy (non-hydrogen) atoms. The third-order valence-corrected chi connectivity index (χ3v) is 4.51. The molecule has 1 fully saturated rings. The molecule has 0 bridgehead atoms. The van der Waals surface area contributed by atoms with E-state index in [9.17, 15) is 22.8 Å². The van der Waals surface area contributed by atoms with E-state index >= 15 is 0 Å². The average Bonchev–Trinajstić information content (AvgIpc) is 3.12. The summed E-state index contributed by atoms with van der Waals surface area (Å²) in [6, 6.07) is -0.786. The number of amides is 3. The first-order valence-corrected chi connectivity index (χ1v) is 7.96. The minimum Gasteiger partial charge on any atom is -0.359 e. The lowest BCUT2D eigenvalue weighted by Gasteiger charge is -2.19. The van der Waals surface area contributed by atoms with Gasteiger partial charge in [-0.1, -0.05) is 6.42 Å². The van der Waals surface area contributed by atoms with Gasteiger partial charge in [0.1, 0.15) is 5.01 Å². The Balaban J connectivity index is 1.83. The molecular formula is C13H17F3N4O2S. The summed E-state index contributed by atoms with van der Waals surface area (Å²) in [7, 11) is 1.54. The fraction of sp³-hybridized carbons (Fsp3) is 0.615. The Hall–Kier alpha value is -1.84. The van der Waals surface area contributed by atoms with Crippen molar-refractivity contribution in [2.45, 2.75) is 38.0 Å². The van der Waals surface area contributed by atoms with Crippen LogP contribution in [0.2, 0.25) is 0 Å². The number of halogens is 3. The van der Waals surface area contributed by atoms with Gasteiger partial charge in [0.2, 0.25) is 5.91 Å². The van der Waals surface area contributed by atoms with Crippen molar-refractivity contribution >= 4 is 23.3 Å². The van der Waals surface area contributed by atoms with E-state index in [1.54, 1.807) is 7.05 Å². The number of nitrogens with zero attached hydrogens (tertiary/aromatic N) is 1. The van der Waals surface area contributed by atoms with Crippen LogP contribution >= 0.6 is 11.3 Å². The average molecular weight is 350 g/mol. The molecule has 1 saturated carbocycles. The lowest BCUT2D eigenvalue weighted by atomic mass is 10.0. The largest absolute Gasteiger partial charge is 0.434 e. The van der Waals surface area contributed by atoms with Crippen molar-refractivity contribution in [3.05, 3.63) is 16.1 Å². The highest BCUT2D eigenvalue weighted by atomic mass is 32.1. The smallest absolute Gasteiger partial charge is 0.359 e. The quantitative estimate of drug-likeness (QED) is 0.775. The number of alkyl halides is 3. The van der Waals surface area contributed by atoms with Gasteiger partial charge >= 0.3 is 12.2 Å². The summed E-state index contributed by atoms with van der Waals surface area (Å²) >= 11 is 0.832. The zero-order valence-electron chi connectivity index (χ0n) is 12.4. The van der Waals surface area contributed by atoms with Gasteiger partial charge in [-0.05, 0) is 12.8 Å². The van der Waals surface area contributed by atoms with E-state index in [1.165, 1.54) is 0 Å². The number of hydrogen-bond donors (Lipinski definition) is 3. The monoisotopic (exact) mass is 350 g/mol. The summed E-state index contributed by atoms with van der Waals surface area (Å²) in [5, 5.41) is 8.80. The Labute approximate surface area is 134 Å². The zero-order chi connectivity index (χ0) is 17.0. The highest BCUT2D eigenvalue weighted by Crippen LogP contribution is 2.30. The number of nitrogens with one attached hydrogen (secondary N) is 3. The standard InChI is InChI=1S/C13H17F3N4O2S/c1-17-11(21)7-3-2-4-8(7)19-12(22)18-5-10-20-9(6-23-10)13(14,15)16/h6-8H,2-5H2,1H3,(H,17,21)(H2,18,19,22). The molecule has 1 aliphatic rings. The number of urea groups is 1. The van der Waals surface area contributed by atoms with Gasteiger partial charge < -0.3 is 16.0 Å². The minimum absolute atomic E-state index is 0.0933. The van der Waals surface area contributed by atoms with E-state index < -0.39 is 17.9 Å². The predicted octanol–water partition coefficient (Wildman–Crippen LogP) is 1.88. The van der Waals surface area contributed by atoms with Crippen molar-refractivity contribution in [2.75, 3.05) is 7.05 Å². The van der Waals surface area contributed by atoms with Gasteiger partial charge in [-0.25, -0.2) is 9.78 Å². The second kappa shape index (κ2) is 7.16. The zero-order valence-corrected chi connectivity index (χ0v) is 13.2. The van der Waals surface area contributed by atoms with Gasteiger partial charge in [0, 0.05) is 18.5 Å². The highest BCUT2D eigenvalue weighted by molar-refractivity contribution is 7.09. The molecule has 0 aromatic carbocycles. The lowest BCUT2D eigenvalue weighted by Crippen LogP contribution is -2.46. The third kappa shape index (κ3) is 4.57. The van der Waals surface area contributed by atoms with Crippen molar-refractivity contribution in [3.63, 3.8) is 0 Å². The molecule has 1 aromatic heterocycles. The van der Waals surface area contributed by atoms with Crippen molar-refractivity contribution in [1.29, 1.82) is 0 Å². The summed E-state index contributed by atoms with van der Waals surface area (Å²) < 4.78 is 37.3. The molecule has 0 saturated heterocycles.